The molecule has 0 aromatic heterocycles. The zero-order chi connectivity index (χ0) is 18.1. The van der Waals surface area contributed by atoms with Gasteiger partial charge in [-0.25, -0.2) is 4.79 Å². The Bertz CT molecular complexity index is 977. The Kier molecular flexibility index (Phi) is 4.21. The third-order valence-corrected chi connectivity index (χ3v) is 3.96. The van der Waals surface area contributed by atoms with Gasteiger partial charge in [-0.1, -0.05) is 35.9 Å². The molecule has 0 saturated carbocycles. The highest BCUT2D eigenvalue weighted by molar-refractivity contribution is 6.36. The van der Waals surface area contributed by atoms with E-state index in [1.165, 1.54) is 12.1 Å². The van der Waals surface area contributed by atoms with Gasteiger partial charge in [-0.3, -0.25) is 14.4 Å². The molecular weight excluding hydrogens is 346 g/mol. The van der Waals surface area contributed by atoms with Gasteiger partial charge in [0, 0.05) is 34.4 Å². The van der Waals surface area contributed by atoms with Crippen molar-refractivity contribution in [3.05, 3.63) is 75.8 Å². The van der Waals surface area contributed by atoms with E-state index in [1.54, 1.807) is 24.3 Å². The summed E-state index contributed by atoms with van der Waals surface area (Å²) in [5.74, 6) is -2.67. The van der Waals surface area contributed by atoms with E-state index in [0.29, 0.717) is 11.6 Å². The maximum absolute atomic E-state index is 12.6. The fourth-order valence-electron chi connectivity index (χ4n) is 2.54. The number of benzene rings is 2. The van der Waals surface area contributed by atoms with Crippen molar-refractivity contribution in [1.82, 2.24) is 0 Å². The zero-order valence-corrected chi connectivity index (χ0v) is 13.3. The number of hydrogen-bond acceptors (Lipinski definition) is 4. The number of hydrogen-bond donors (Lipinski definition) is 2. The van der Waals surface area contributed by atoms with Crippen LogP contribution in [-0.2, 0) is 9.59 Å². The summed E-state index contributed by atoms with van der Waals surface area (Å²) in [4.78, 5) is 47.3. The number of halogens is 1. The van der Waals surface area contributed by atoms with Crippen LogP contribution >= 0.6 is 11.6 Å². The van der Waals surface area contributed by atoms with Gasteiger partial charge in [0.25, 0.3) is 0 Å². The molecule has 0 bridgehead atoms. The van der Waals surface area contributed by atoms with E-state index in [2.05, 4.69) is 5.32 Å². The zero-order valence-electron chi connectivity index (χ0n) is 12.6. The van der Waals surface area contributed by atoms with Crippen molar-refractivity contribution in [2.24, 2.45) is 0 Å². The fraction of sp³-hybridized carbons (Fsp3) is 0. The van der Waals surface area contributed by atoms with Gasteiger partial charge >= 0.3 is 5.97 Å². The van der Waals surface area contributed by atoms with E-state index < -0.39 is 11.9 Å². The van der Waals surface area contributed by atoms with Crippen molar-refractivity contribution in [1.29, 1.82) is 0 Å². The van der Waals surface area contributed by atoms with Crippen LogP contribution in [0, 0.1) is 0 Å². The quantitative estimate of drug-likeness (QED) is 0.703. The van der Waals surface area contributed by atoms with E-state index in [1.807, 2.05) is 0 Å². The number of carboxylic acids is 1. The number of ketones is 2. The third-order valence-electron chi connectivity index (χ3n) is 3.65. The molecule has 2 aromatic rings. The first kappa shape index (κ1) is 16.6. The van der Waals surface area contributed by atoms with Crippen molar-refractivity contribution in [3.63, 3.8) is 0 Å². The van der Waals surface area contributed by atoms with Gasteiger partial charge in [-0.05, 0) is 12.1 Å². The number of nitrogens with one attached hydrogen (secondary N) is 1. The number of carbonyl (C=O) groups excluding carboxylic acids is 3. The van der Waals surface area contributed by atoms with E-state index in [0.717, 1.165) is 6.08 Å². The maximum Gasteiger partial charge on any atom is 0.328 e. The summed E-state index contributed by atoms with van der Waals surface area (Å²) in [6, 6.07) is 9.09. The molecule has 2 N–H and O–H groups in total. The standard InChI is InChI=1S/C18H10ClNO5/c19-13-7-11-12(8-14(13)20-15(21)5-6-16(22)23)18(25)10-4-2-1-3-9(10)17(11)24/h1-8H,(H,20,21)(H,22,23)/b6-5-. The van der Waals surface area contributed by atoms with Crippen molar-refractivity contribution < 1.29 is 24.3 Å². The summed E-state index contributed by atoms with van der Waals surface area (Å²) in [7, 11) is 0. The van der Waals surface area contributed by atoms with Crippen molar-refractivity contribution in [2.45, 2.75) is 0 Å². The molecule has 0 aliphatic heterocycles. The van der Waals surface area contributed by atoms with Gasteiger partial charge < -0.3 is 10.4 Å². The fourth-order valence-corrected chi connectivity index (χ4v) is 2.75. The first-order valence-corrected chi connectivity index (χ1v) is 7.50. The molecule has 1 amide bonds. The summed E-state index contributed by atoms with van der Waals surface area (Å²) < 4.78 is 0. The van der Waals surface area contributed by atoms with Crippen LogP contribution in [0.3, 0.4) is 0 Å². The van der Waals surface area contributed by atoms with Crippen LogP contribution in [0.5, 0.6) is 0 Å². The molecule has 0 radical (unpaired) electrons. The summed E-state index contributed by atoms with van der Waals surface area (Å²) >= 11 is 6.09. The van der Waals surface area contributed by atoms with Gasteiger partial charge in [-0.15, -0.1) is 0 Å². The van der Waals surface area contributed by atoms with Crippen molar-refractivity contribution >= 4 is 40.7 Å². The van der Waals surface area contributed by atoms with Gasteiger partial charge in [-0.2, -0.15) is 0 Å². The molecule has 0 heterocycles. The summed E-state index contributed by atoms with van der Waals surface area (Å²) in [5.41, 5.74) is 0.988. The molecule has 6 nitrogen and oxygen atoms in total. The SMILES string of the molecule is O=C(O)/C=C\C(=O)Nc1cc2c(cc1Cl)C(=O)c1ccccc1C2=O. The molecule has 0 saturated heterocycles. The molecule has 25 heavy (non-hydrogen) atoms. The Morgan fingerprint density at radius 3 is 2.04 bits per heavy atom. The minimum absolute atomic E-state index is 0.0661. The number of aliphatic carboxylic acids is 1. The molecule has 2 aromatic carbocycles. The number of rotatable bonds is 3. The van der Waals surface area contributed by atoms with Gasteiger partial charge in [0.15, 0.2) is 11.6 Å². The topological polar surface area (TPSA) is 101 Å². The number of fused-ring (bicyclic) bond motifs is 2. The average molecular weight is 356 g/mol. The van der Waals surface area contributed by atoms with E-state index in [9.17, 15) is 19.2 Å². The lowest BCUT2D eigenvalue weighted by Crippen LogP contribution is -2.21. The monoisotopic (exact) mass is 355 g/mol. The Morgan fingerprint density at radius 1 is 0.920 bits per heavy atom. The maximum atomic E-state index is 12.6. The second kappa shape index (κ2) is 6.33. The van der Waals surface area contributed by atoms with Crippen LogP contribution in [0.15, 0.2) is 48.6 Å². The van der Waals surface area contributed by atoms with Crippen molar-refractivity contribution in [3.8, 4) is 0 Å². The second-order valence-electron chi connectivity index (χ2n) is 5.24. The number of anilines is 1. The molecule has 1 aliphatic rings. The number of carbonyl (C=O) groups is 4. The second-order valence-corrected chi connectivity index (χ2v) is 5.65. The van der Waals surface area contributed by atoms with Crippen molar-refractivity contribution in [2.75, 3.05) is 5.32 Å². The lowest BCUT2D eigenvalue weighted by Gasteiger charge is -2.19. The summed E-state index contributed by atoms with van der Waals surface area (Å²) in [6.45, 7) is 0. The Morgan fingerprint density at radius 2 is 1.48 bits per heavy atom. The Labute approximate surface area is 146 Å². The van der Waals surface area contributed by atoms with E-state index in [-0.39, 0.29) is 39.0 Å². The molecule has 0 spiro atoms. The third kappa shape index (κ3) is 3.07. The smallest absolute Gasteiger partial charge is 0.328 e. The van der Waals surface area contributed by atoms with Crippen LogP contribution in [0.4, 0.5) is 5.69 Å². The Balaban J connectivity index is 2.01. The largest absolute Gasteiger partial charge is 0.478 e. The first-order valence-electron chi connectivity index (χ1n) is 7.12. The molecule has 0 atom stereocenters. The molecule has 7 heteroatoms. The van der Waals surface area contributed by atoms with Gasteiger partial charge in [0.2, 0.25) is 5.91 Å². The summed E-state index contributed by atoms with van der Waals surface area (Å²) in [6.07, 6.45) is 1.49. The average Bonchev–Trinajstić information content (AvgIpc) is 2.59. The molecule has 0 fully saturated rings. The minimum atomic E-state index is -1.27. The van der Waals surface area contributed by atoms with E-state index >= 15 is 0 Å². The number of carboxylic acid groups (broad SMARTS) is 1. The van der Waals surface area contributed by atoms with Crippen LogP contribution in [0.2, 0.25) is 5.02 Å². The molecule has 124 valence electrons. The summed E-state index contributed by atoms with van der Waals surface area (Å²) in [5, 5.41) is 11.0. The van der Waals surface area contributed by atoms with Crippen LogP contribution in [-0.4, -0.2) is 28.5 Å². The predicted molar refractivity (Wildman–Crippen MR) is 90.2 cm³/mol. The lowest BCUT2D eigenvalue weighted by atomic mass is 9.84. The van der Waals surface area contributed by atoms with Crippen LogP contribution < -0.4 is 5.32 Å². The first-order chi connectivity index (χ1) is 11.9. The highest BCUT2D eigenvalue weighted by Gasteiger charge is 2.30. The predicted octanol–water partition coefficient (Wildman–Crippen LogP) is 2.69. The van der Waals surface area contributed by atoms with E-state index in [4.69, 9.17) is 16.7 Å². The molecular formula is C18H10ClNO5. The van der Waals surface area contributed by atoms with Gasteiger partial charge in [0.1, 0.15) is 0 Å². The number of amides is 1. The van der Waals surface area contributed by atoms with Crippen LogP contribution in [0.1, 0.15) is 31.8 Å². The molecule has 0 unspecified atom stereocenters. The molecule has 3 rings (SSSR count). The normalized spacial score (nSPS) is 12.7. The van der Waals surface area contributed by atoms with Gasteiger partial charge in [0.05, 0.1) is 10.7 Å². The Hall–Kier alpha value is -3.25. The lowest BCUT2D eigenvalue weighted by molar-refractivity contribution is -0.131. The molecule has 1 aliphatic carbocycles. The minimum Gasteiger partial charge on any atom is -0.478 e. The highest BCUT2D eigenvalue weighted by Crippen LogP contribution is 2.33. The highest BCUT2D eigenvalue weighted by atomic mass is 35.5. The van der Waals surface area contributed by atoms with Crippen LogP contribution in [0.25, 0.3) is 0 Å².